The molecule has 0 radical (unpaired) electrons. The van der Waals surface area contributed by atoms with Crippen LogP contribution in [-0.2, 0) is 11.0 Å². The van der Waals surface area contributed by atoms with E-state index in [0.717, 1.165) is 6.08 Å². The second-order valence-corrected chi connectivity index (χ2v) is 2.13. The van der Waals surface area contributed by atoms with Crippen LogP contribution in [0.3, 0.4) is 0 Å². The van der Waals surface area contributed by atoms with Gasteiger partial charge >= 0.3 is 12.1 Å². The summed E-state index contributed by atoms with van der Waals surface area (Å²) in [7, 11) is 0. The zero-order chi connectivity index (χ0) is 10.8. The molecule has 76 valence electrons. The first-order valence-corrected chi connectivity index (χ1v) is 3.21. The molecule has 1 N–H and O–H groups in total. The summed E-state index contributed by atoms with van der Waals surface area (Å²) < 4.78 is 39.7. The fraction of sp³-hybridized carbons (Fsp3) is 0.167. The molecule has 1 aromatic heterocycles. The minimum Gasteiger partial charge on any atom is -0.478 e. The van der Waals surface area contributed by atoms with Gasteiger partial charge in [0.1, 0.15) is 0 Å². The summed E-state index contributed by atoms with van der Waals surface area (Å²) in [5.74, 6) is -3.28. The third-order valence-electron chi connectivity index (χ3n) is 1.06. The van der Waals surface area contributed by atoms with Gasteiger partial charge < -0.3 is 9.63 Å². The molecule has 0 saturated carbocycles. The van der Waals surface area contributed by atoms with Crippen molar-refractivity contribution in [2.45, 2.75) is 6.18 Å². The fourth-order valence-electron chi connectivity index (χ4n) is 0.561. The Hall–Kier alpha value is -1.86. The quantitative estimate of drug-likeness (QED) is 0.738. The molecule has 0 saturated heterocycles. The van der Waals surface area contributed by atoms with Gasteiger partial charge in [0.2, 0.25) is 0 Å². The van der Waals surface area contributed by atoms with Gasteiger partial charge in [-0.1, -0.05) is 5.16 Å². The number of halogens is 3. The predicted molar refractivity (Wildman–Crippen MR) is 36.0 cm³/mol. The normalized spacial score (nSPS) is 12.2. The molecular formula is C6H3F3N2O3. The smallest absolute Gasteiger partial charge is 0.455 e. The van der Waals surface area contributed by atoms with E-state index >= 15 is 0 Å². The number of alkyl halides is 3. The molecule has 0 fully saturated rings. The van der Waals surface area contributed by atoms with Crippen molar-refractivity contribution in [1.82, 2.24) is 10.1 Å². The molecule has 0 aliphatic heterocycles. The van der Waals surface area contributed by atoms with E-state index in [1.807, 2.05) is 0 Å². The van der Waals surface area contributed by atoms with Gasteiger partial charge in [0.05, 0.1) is 0 Å². The SMILES string of the molecule is O=C(O)/C=C/c1nc(C(F)(F)F)no1. The van der Waals surface area contributed by atoms with Crippen molar-refractivity contribution in [3.63, 3.8) is 0 Å². The van der Waals surface area contributed by atoms with Crippen LogP contribution in [0.2, 0.25) is 0 Å². The first-order valence-electron chi connectivity index (χ1n) is 3.21. The lowest BCUT2D eigenvalue weighted by atomic mass is 10.5. The number of aromatic nitrogens is 2. The van der Waals surface area contributed by atoms with E-state index in [1.165, 1.54) is 0 Å². The molecule has 0 aromatic carbocycles. The maximum atomic E-state index is 11.9. The van der Waals surface area contributed by atoms with Crippen LogP contribution in [0.1, 0.15) is 11.7 Å². The minimum atomic E-state index is -4.70. The summed E-state index contributed by atoms with van der Waals surface area (Å²) in [6, 6.07) is 0. The van der Waals surface area contributed by atoms with Gasteiger partial charge in [0, 0.05) is 12.2 Å². The Labute approximate surface area is 74.8 Å². The van der Waals surface area contributed by atoms with E-state index in [2.05, 4.69) is 14.7 Å². The van der Waals surface area contributed by atoms with Crippen LogP contribution in [0, 0.1) is 0 Å². The summed E-state index contributed by atoms with van der Waals surface area (Å²) in [6.07, 6.45) is -3.34. The first kappa shape index (κ1) is 10.2. The number of aliphatic carboxylic acids is 1. The van der Waals surface area contributed by atoms with Crippen LogP contribution < -0.4 is 0 Å². The average Bonchev–Trinajstić information content (AvgIpc) is 2.47. The zero-order valence-corrected chi connectivity index (χ0v) is 6.45. The van der Waals surface area contributed by atoms with Crippen molar-refractivity contribution >= 4 is 12.0 Å². The Morgan fingerprint density at radius 1 is 1.50 bits per heavy atom. The highest BCUT2D eigenvalue weighted by Gasteiger charge is 2.36. The Kier molecular flexibility index (Phi) is 2.54. The molecule has 5 nitrogen and oxygen atoms in total. The van der Waals surface area contributed by atoms with Gasteiger partial charge in [0.15, 0.2) is 0 Å². The molecule has 0 bridgehead atoms. The monoisotopic (exact) mass is 208 g/mol. The molecule has 0 aliphatic carbocycles. The summed E-state index contributed by atoms with van der Waals surface area (Å²) in [5.41, 5.74) is 0. The minimum absolute atomic E-state index is 0.514. The van der Waals surface area contributed by atoms with Crippen molar-refractivity contribution < 1.29 is 27.6 Å². The molecule has 0 aliphatic rings. The molecule has 0 unspecified atom stereocenters. The third kappa shape index (κ3) is 2.57. The van der Waals surface area contributed by atoms with E-state index in [1.54, 1.807) is 0 Å². The number of carboxylic acid groups (broad SMARTS) is 1. The van der Waals surface area contributed by atoms with Gasteiger partial charge in [-0.15, -0.1) is 0 Å². The maximum absolute atomic E-state index is 11.9. The molecule has 14 heavy (non-hydrogen) atoms. The van der Waals surface area contributed by atoms with Gasteiger partial charge in [-0.25, -0.2) is 4.79 Å². The highest BCUT2D eigenvalue weighted by Crippen LogP contribution is 2.26. The summed E-state index contributed by atoms with van der Waals surface area (Å²) in [6.45, 7) is 0. The molecule has 1 aromatic rings. The lowest BCUT2D eigenvalue weighted by molar-refractivity contribution is -0.146. The highest BCUT2D eigenvalue weighted by molar-refractivity contribution is 5.84. The number of carboxylic acids is 1. The van der Waals surface area contributed by atoms with Crippen molar-refractivity contribution in [2.24, 2.45) is 0 Å². The van der Waals surface area contributed by atoms with Gasteiger partial charge in [-0.2, -0.15) is 18.2 Å². The van der Waals surface area contributed by atoms with Crippen molar-refractivity contribution in [3.8, 4) is 0 Å². The van der Waals surface area contributed by atoms with Gasteiger partial charge in [-0.05, 0) is 0 Å². The van der Waals surface area contributed by atoms with Gasteiger partial charge in [-0.3, -0.25) is 0 Å². The van der Waals surface area contributed by atoms with E-state index < -0.39 is 23.9 Å². The number of nitrogens with zero attached hydrogens (tertiary/aromatic N) is 2. The standard InChI is InChI=1S/C6H3F3N2O3/c7-6(8,9)5-10-3(14-11-5)1-2-4(12)13/h1-2H,(H,12,13)/b2-1+. The number of hydrogen-bond donors (Lipinski definition) is 1. The maximum Gasteiger partial charge on any atom is 0.455 e. The van der Waals surface area contributed by atoms with Crippen LogP contribution in [0.4, 0.5) is 13.2 Å². The Morgan fingerprint density at radius 3 is 2.57 bits per heavy atom. The number of rotatable bonds is 2. The predicted octanol–water partition coefficient (Wildman–Crippen LogP) is 1.19. The van der Waals surface area contributed by atoms with E-state index in [9.17, 15) is 18.0 Å². The fourth-order valence-corrected chi connectivity index (χ4v) is 0.561. The molecular weight excluding hydrogens is 205 g/mol. The molecule has 0 amide bonds. The summed E-state index contributed by atoms with van der Waals surface area (Å²) in [4.78, 5) is 12.9. The first-order chi connectivity index (χ1) is 6.39. The zero-order valence-electron chi connectivity index (χ0n) is 6.45. The van der Waals surface area contributed by atoms with Crippen LogP contribution in [0.25, 0.3) is 6.08 Å². The average molecular weight is 208 g/mol. The second kappa shape index (κ2) is 3.48. The van der Waals surface area contributed by atoms with Crippen molar-refractivity contribution in [2.75, 3.05) is 0 Å². The Morgan fingerprint density at radius 2 is 2.14 bits per heavy atom. The van der Waals surface area contributed by atoms with Gasteiger partial charge in [0.25, 0.3) is 11.7 Å². The topological polar surface area (TPSA) is 76.2 Å². The lowest BCUT2D eigenvalue weighted by Crippen LogP contribution is -2.07. The summed E-state index contributed by atoms with van der Waals surface area (Å²) in [5, 5.41) is 10.8. The Bertz CT molecular complexity index is 369. The molecule has 1 rings (SSSR count). The van der Waals surface area contributed by atoms with E-state index in [-0.39, 0.29) is 0 Å². The molecule has 8 heteroatoms. The van der Waals surface area contributed by atoms with Crippen molar-refractivity contribution in [3.05, 3.63) is 17.8 Å². The highest BCUT2D eigenvalue weighted by atomic mass is 19.4. The van der Waals surface area contributed by atoms with Crippen LogP contribution in [0.5, 0.6) is 0 Å². The van der Waals surface area contributed by atoms with Crippen LogP contribution >= 0.6 is 0 Å². The number of carbonyl (C=O) groups is 1. The van der Waals surface area contributed by atoms with Crippen molar-refractivity contribution in [1.29, 1.82) is 0 Å². The third-order valence-corrected chi connectivity index (χ3v) is 1.06. The Balaban J connectivity index is 2.84. The van der Waals surface area contributed by atoms with Crippen LogP contribution in [-0.4, -0.2) is 21.2 Å². The molecule has 0 atom stereocenters. The molecule has 0 spiro atoms. The largest absolute Gasteiger partial charge is 0.478 e. The van der Waals surface area contributed by atoms with E-state index in [0.29, 0.717) is 6.08 Å². The molecule has 1 heterocycles. The number of hydrogen-bond acceptors (Lipinski definition) is 4. The van der Waals surface area contributed by atoms with Crippen LogP contribution in [0.15, 0.2) is 10.6 Å². The lowest BCUT2D eigenvalue weighted by Gasteiger charge is -1.95. The van der Waals surface area contributed by atoms with E-state index in [4.69, 9.17) is 5.11 Å². The second-order valence-electron chi connectivity index (χ2n) is 2.13. The summed E-state index contributed by atoms with van der Waals surface area (Å²) >= 11 is 0.